The summed E-state index contributed by atoms with van der Waals surface area (Å²) in [4.78, 5) is 24.5. The molecule has 1 aromatic heterocycles. The monoisotopic (exact) mass is 300 g/mol. The summed E-state index contributed by atoms with van der Waals surface area (Å²) in [7, 11) is 0. The molecule has 4 nitrogen and oxygen atoms in total. The van der Waals surface area contributed by atoms with Gasteiger partial charge in [0.2, 0.25) is 0 Å². The molecule has 4 heteroatoms. The molecule has 118 valence electrons. The Morgan fingerprint density at radius 3 is 2.09 bits per heavy atom. The van der Waals surface area contributed by atoms with Crippen LogP contribution in [-0.2, 0) is 6.54 Å². The molecular formula is C18H24N2O2. The molecule has 0 N–H and O–H groups in total. The molecule has 0 bridgehead atoms. The maximum atomic E-state index is 12.3. The van der Waals surface area contributed by atoms with E-state index in [1.807, 2.05) is 24.3 Å². The molecule has 0 fully saturated rings. The van der Waals surface area contributed by atoms with Gasteiger partial charge in [-0.05, 0) is 36.0 Å². The van der Waals surface area contributed by atoms with Gasteiger partial charge in [-0.25, -0.2) is 0 Å². The van der Waals surface area contributed by atoms with Crippen LogP contribution in [0.2, 0.25) is 0 Å². The SMILES string of the molecule is CC(C)CCn1ccn(-c2ccc(C(C)C)cc2)c(=O)c1=O. The Morgan fingerprint density at radius 2 is 1.55 bits per heavy atom. The molecule has 22 heavy (non-hydrogen) atoms. The summed E-state index contributed by atoms with van der Waals surface area (Å²) < 4.78 is 2.92. The first-order valence-corrected chi connectivity index (χ1v) is 7.82. The molecule has 0 atom stereocenters. The number of aromatic nitrogens is 2. The van der Waals surface area contributed by atoms with Gasteiger partial charge in [0.25, 0.3) is 0 Å². The molecule has 0 amide bonds. The fourth-order valence-electron chi connectivity index (χ4n) is 2.30. The molecule has 0 aliphatic rings. The van der Waals surface area contributed by atoms with Gasteiger partial charge in [-0.1, -0.05) is 39.8 Å². The van der Waals surface area contributed by atoms with Crippen molar-refractivity contribution >= 4 is 0 Å². The number of benzene rings is 1. The van der Waals surface area contributed by atoms with Gasteiger partial charge >= 0.3 is 11.1 Å². The zero-order chi connectivity index (χ0) is 16.3. The molecule has 2 aromatic rings. The van der Waals surface area contributed by atoms with Crippen molar-refractivity contribution in [1.29, 1.82) is 0 Å². The minimum absolute atomic E-state index is 0.440. The van der Waals surface area contributed by atoms with Crippen molar-refractivity contribution in [2.45, 2.75) is 46.6 Å². The van der Waals surface area contributed by atoms with Crippen molar-refractivity contribution in [3.05, 3.63) is 62.9 Å². The van der Waals surface area contributed by atoms with E-state index in [4.69, 9.17) is 0 Å². The van der Waals surface area contributed by atoms with E-state index in [0.29, 0.717) is 18.4 Å². The number of hydrogen-bond donors (Lipinski definition) is 0. The Morgan fingerprint density at radius 1 is 0.909 bits per heavy atom. The van der Waals surface area contributed by atoms with E-state index in [1.54, 1.807) is 12.4 Å². The van der Waals surface area contributed by atoms with E-state index < -0.39 is 11.1 Å². The highest BCUT2D eigenvalue weighted by molar-refractivity contribution is 5.35. The van der Waals surface area contributed by atoms with Crippen LogP contribution in [0.15, 0.2) is 46.2 Å². The van der Waals surface area contributed by atoms with Gasteiger partial charge in [-0.15, -0.1) is 0 Å². The highest BCUT2D eigenvalue weighted by Gasteiger charge is 2.08. The van der Waals surface area contributed by atoms with E-state index in [1.165, 1.54) is 14.7 Å². The Bertz CT molecular complexity index is 737. The smallest absolute Gasteiger partial charge is 0.309 e. The van der Waals surface area contributed by atoms with Crippen LogP contribution in [0.4, 0.5) is 0 Å². The van der Waals surface area contributed by atoms with Crippen LogP contribution in [0.3, 0.4) is 0 Å². The largest absolute Gasteiger partial charge is 0.320 e. The third-order valence-electron chi connectivity index (χ3n) is 3.84. The first kappa shape index (κ1) is 16.3. The van der Waals surface area contributed by atoms with Crippen molar-refractivity contribution in [1.82, 2.24) is 9.13 Å². The lowest BCUT2D eigenvalue weighted by Gasteiger charge is -2.11. The molecule has 0 radical (unpaired) electrons. The third kappa shape index (κ3) is 3.56. The van der Waals surface area contributed by atoms with Crippen LogP contribution in [0.1, 0.15) is 45.6 Å². The number of rotatable bonds is 5. The summed E-state index contributed by atoms with van der Waals surface area (Å²) in [6.07, 6.45) is 4.25. The summed E-state index contributed by atoms with van der Waals surface area (Å²) in [6.45, 7) is 9.03. The number of aryl methyl sites for hydroxylation is 1. The minimum atomic E-state index is -0.497. The Balaban J connectivity index is 2.35. The van der Waals surface area contributed by atoms with Gasteiger partial charge in [0.1, 0.15) is 0 Å². The molecule has 0 aliphatic carbocycles. The van der Waals surface area contributed by atoms with Crippen LogP contribution >= 0.6 is 0 Å². The molecule has 2 rings (SSSR count). The summed E-state index contributed by atoms with van der Waals surface area (Å²) in [5.74, 6) is 0.938. The maximum Gasteiger partial charge on any atom is 0.320 e. The van der Waals surface area contributed by atoms with Crippen molar-refractivity contribution in [3.8, 4) is 5.69 Å². The van der Waals surface area contributed by atoms with Gasteiger partial charge in [0.15, 0.2) is 0 Å². The van der Waals surface area contributed by atoms with Gasteiger partial charge < -0.3 is 4.57 Å². The lowest BCUT2D eigenvalue weighted by Crippen LogP contribution is -2.40. The molecule has 0 unspecified atom stereocenters. The summed E-state index contributed by atoms with van der Waals surface area (Å²) >= 11 is 0. The summed E-state index contributed by atoms with van der Waals surface area (Å²) in [5, 5.41) is 0. The molecular weight excluding hydrogens is 276 g/mol. The second kappa shape index (κ2) is 6.77. The molecule has 0 saturated heterocycles. The van der Waals surface area contributed by atoms with E-state index >= 15 is 0 Å². The molecule has 0 spiro atoms. The molecule has 1 heterocycles. The Hall–Kier alpha value is -2.10. The summed E-state index contributed by atoms with van der Waals surface area (Å²) in [5.41, 5.74) is 0.976. The van der Waals surface area contributed by atoms with Gasteiger partial charge in [0, 0.05) is 24.6 Å². The predicted octanol–water partition coefficient (Wildman–Crippen LogP) is 3.17. The minimum Gasteiger partial charge on any atom is -0.309 e. The van der Waals surface area contributed by atoms with Crippen molar-refractivity contribution in [2.75, 3.05) is 0 Å². The van der Waals surface area contributed by atoms with Gasteiger partial charge in [0.05, 0.1) is 0 Å². The Kier molecular flexibility index (Phi) is 5.01. The topological polar surface area (TPSA) is 44.0 Å². The molecule has 0 saturated carbocycles. The first-order valence-electron chi connectivity index (χ1n) is 7.82. The molecule has 1 aromatic carbocycles. The van der Waals surface area contributed by atoms with Gasteiger partial charge in [-0.3, -0.25) is 14.2 Å². The zero-order valence-electron chi connectivity index (χ0n) is 13.7. The number of hydrogen-bond acceptors (Lipinski definition) is 2. The van der Waals surface area contributed by atoms with Crippen molar-refractivity contribution < 1.29 is 0 Å². The number of nitrogens with zero attached hydrogens (tertiary/aromatic N) is 2. The average molecular weight is 300 g/mol. The van der Waals surface area contributed by atoms with Crippen LogP contribution in [0, 0.1) is 5.92 Å². The lowest BCUT2D eigenvalue weighted by molar-refractivity contribution is 0.503. The molecule has 0 aliphatic heterocycles. The fraction of sp³-hybridized carbons (Fsp3) is 0.444. The highest BCUT2D eigenvalue weighted by atomic mass is 16.2. The maximum absolute atomic E-state index is 12.3. The van der Waals surface area contributed by atoms with E-state index in [0.717, 1.165) is 12.1 Å². The van der Waals surface area contributed by atoms with Crippen LogP contribution < -0.4 is 11.1 Å². The Labute approximate surface area is 131 Å². The van der Waals surface area contributed by atoms with E-state index in [2.05, 4.69) is 27.7 Å². The highest BCUT2D eigenvalue weighted by Crippen LogP contribution is 2.15. The van der Waals surface area contributed by atoms with Crippen molar-refractivity contribution in [3.63, 3.8) is 0 Å². The zero-order valence-corrected chi connectivity index (χ0v) is 13.7. The lowest BCUT2D eigenvalue weighted by atomic mass is 10.0. The van der Waals surface area contributed by atoms with E-state index in [-0.39, 0.29) is 0 Å². The predicted molar refractivity (Wildman–Crippen MR) is 89.8 cm³/mol. The first-order chi connectivity index (χ1) is 10.4. The third-order valence-corrected chi connectivity index (χ3v) is 3.84. The quantitative estimate of drug-likeness (QED) is 0.796. The van der Waals surface area contributed by atoms with Crippen LogP contribution in [0.5, 0.6) is 0 Å². The van der Waals surface area contributed by atoms with E-state index in [9.17, 15) is 9.59 Å². The van der Waals surface area contributed by atoms with Crippen molar-refractivity contribution in [2.24, 2.45) is 5.92 Å². The van der Waals surface area contributed by atoms with Crippen LogP contribution in [0.25, 0.3) is 5.69 Å². The second-order valence-corrected chi connectivity index (χ2v) is 6.40. The second-order valence-electron chi connectivity index (χ2n) is 6.40. The van der Waals surface area contributed by atoms with Gasteiger partial charge in [-0.2, -0.15) is 0 Å². The standard InChI is InChI=1S/C18H24N2O2/c1-13(2)9-10-19-11-12-20(18(22)17(19)21)16-7-5-15(6-8-16)14(3)4/h5-8,11-14H,9-10H2,1-4H3. The fourth-order valence-corrected chi connectivity index (χ4v) is 2.30. The summed E-state index contributed by atoms with van der Waals surface area (Å²) in [6, 6.07) is 7.76. The van der Waals surface area contributed by atoms with Crippen LogP contribution in [-0.4, -0.2) is 9.13 Å². The normalized spacial score (nSPS) is 11.4. The average Bonchev–Trinajstić information content (AvgIpc) is 2.49.